The van der Waals surface area contributed by atoms with Gasteiger partial charge >= 0.3 is 0 Å². The Morgan fingerprint density at radius 1 is 0.917 bits per heavy atom. The van der Waals surface area contributed by atoms with Gasteiger partial charge in [-0.25, -0.2) is 0 Å². The third-order valence-electron chi connectivity index (χ3n) is 1.14. The quantitative estimate of drug-likeness (QED) is 0.647. The summed E-state index contributed by atoms with van der Waals surface area (Å²) in [6, 6.07) is 6.87. The molecule has 0 N–H and O–H groups in total. The molecule has 6 heteroatoms. The Bertz CT molecular complexity index is 283. The molecule has 1 aromatic carbocycles. The molecular weight excluding hydrogens is 199 g/mol. The van der Waals surface area contributed by atoms with Crippen molar-refractivity contribution in [3.05, 3.63) is 24.3 Å². The van der Waals surface area contributed by atoms with Crippen molar-refractivity contribution >= 4 is 34.9 Å². The van der Waals surface area contributed by atoms with Crippen LogP contribution in [0.15, 0.2) is 43.8 Å². The molecule has 0 bridgehead atoms. The van der Waals surface area contributed by atoms with E-state index >= 15 is 0 Å². The SMILES string of the molecule is ClN=Nc1cccc(N=NCl)c1. The molecule has 4 nitrogen and oxygen atoms in total. The standard InChI is InChI=1S/C6H4Cl2N4/c7-11-9-5-2-1-3-6(4-5)10-12-8/h1-4H. The summed E-state index contributed by atoms with van der Waals surface area (Å²) in [7, 11) is 0. The van der Waals surface area contributed by atoms with Crippen molar-refractivity contribution in [3.63, 3.8) is 0 Å². The molecule has 12 heavy (non-hydrogen) atoms. The van der Waals surface area contributed by atoms with E-state index in [1.54, 1.807) is 24.3 Å². The highest BCUT2D eigenvalue weighted by Crippen LogP contribution is 2.21. The highest BCUT2D eigenvalue weighted by Gasteiger charge is 1.91. The first kappa shape index (κ1) is 9.09. The third-order valence-corrected chi connectivity index (χ3v) is 1.29. The van der Waals surface area contributed by atoms with Crippen molar-refractivity contribution < 1.29 is 0 Å². The highest BCUT2D eigenvalue weighted by atomic mass is 35.5. The molecule has 0 radical (unpaired) electrons. The van der Waals surface area contributed by atoms with Crippen LogP contribution < -0.4 is 0 Å². The van der Waals surface area contributed by atoms with Gasteiger partial charge in [-0.3, -0.25) is 0 Å². The third kappa shape index (κ3) is 2.56. The van der Waals surface area contributed by atoms with E-state index in [1.807, 2.05) is 0 Å². The maximum absolute atomic E-state index is 5.04. The molecule has 0 atom stereocenters. The van der Waals surface area contributed by atoms with Crippen molar-refractivity contribution in [3.8, 4) is 0 Å². The van der Waals surface area contributed by atoms with Gasteiger partial charge in [-0.2, -0.15) is 0 Å². The van der Waals surface area contributed by atoms with E-state index in [1.165, 1.54) is 0 Å². The van der Waals surface area contributed by atoms with Crippen LogP contribution in [0.3, 0.4) is 0 Å². The zero-order valence-corrected chi connectivity index (χ0v) is 7.37. The molecule has 62 valence electrons. The first-order valence-corrected chi connectivity index (χ1v) is 3.68. The average Bonchev–Trinajstić information content (AvgIpc) is 2.06. The van der Waals surface area contributed by atoms with Gasteiger partial charge in [-0.1, -0.05) is 15.3 Å². The molecule has 0 aliphatic carbocycles. The van der Waals surface area contributed by atoms with Crippen molar-refractivity contribution in [1.29, 1.82) is 0 Å². The van der Waals surface area contributed by atoms with Crippen LogP contribution >= 0.6 is 23.6 Å². The fourth-order valence-electron chi connectivity index (χ4n) is 0.705. The van der Waals surface area contributed by atoms with Crippen molar-refractivity contribution in [2.24, 2.45) is 19.5 Å². The number of rotatable bonds is 2. The maximum Gasteiger partial charge on any atom is 0.0890 e. The Morgan fingerprint density at radius 3 is 1.83 bits per heavy atom. The van der Waals surface area contributed by atoms with Gasteiger partial charge < -0.3 is 0 Å². The number of nitrogens with zero attached hydrogens (tertiary/aromatic N) is 4. The van der Waals surface area contributed by atoms with Crippen LogP contribution in [0.5, 0.6) is 0 Å². The number of halogens is 2. The summed E-state index contributed by atoms with van der Waals surface area (Å²) in [6.45, 7) is 0. The van der Waals surface area contributed by atoms with Crippen molar-refractivity contribution in [2.75, 3.05) is 0 Å². The van der Waals surface area contributed by atoms with Crippen LogP contribution in [0.4, 0.5) is 11.4 Å². The lowest BCUT2D eigenvalue weighted by atomic mass is 10.3. The second-order valence-electron chi connectivity index (χ2n) is 1.87. The number of benzene rings is 1. The lowest BCUT2D eigenvalue weighted by Gasteiger charge is -1.91. The second kappa shape index (κ2) is 4.79. The highest BCUT2D eigenvalue weighted by molar-refractivity contribution is 6.14. The number of hydrogen-bond donors (Lipinski definition) is 0. The molecule has 1 rings (SSSR count). The lowest BCUT2D eigenvalue weighted by molar-refractivity contribution is 1.29. The zero-order valence-electron chi connectivity index (χ0n) is 5.85. The van der Waals surface area contributed by atoms with E-state index in [9.17, 15) is 0 Å². The molecule has 0 heterocycles. The fourth-order valence-corrected chi connectivity index (χ4v) is 0.879. The molecule has 0 saturated heterocycles. The van der Waals surface area contributed by atoms with E-state index < -0.39 is 0 Å². The summed E-state index contributed by atoms with van der Waals surface area (Å²) in [5.74, 6) is 0. The van der Waals surface area contributed by atoms with E-state index in [4.69, 9.17) is 23.6 Å². The van der Waals surface area contributed by atoms with Crippen molar-refractivity contribution in [1.82, 2.24) is 0 Å². The van der Waals surface area contributed by atoms with E-state index in [2.05, 4.69) is 19.5 Å². The van der Waals surface area contributed by atoms with Crippen molar-refractivity contribution in [2.45, 2.75) is 0 Å². The second-order valence-corrected chi connectivity index (χ2v) is 2.17. The topological polar surface area (TPSA) is 49.4 Å². The summed E-state index contributed by atoms with van der Waals surface area (Å²) in [6.07, 6.45) is 0. The molecule has 0 aromatic heterocycles. The Morgan fingerprint density at radius 2 is 1.42 bits per heavy atom. The smallest absolute Gasteiger partial charge is 0.0890 e. The van der Waals surface area contributed by atoms with Crippen LogP contribution in [-0.2, 0) is 0 Å². The Kier molecular flexibility index (Phi) is 3.63. The molecule has 0 unspecified atom stereocenters. The van der Waals surface area contributed by atoms with Crippen LogP contribution in [0, 0.1) is 0 Å². The average molecular weight is 203 g/mol. The normalized spacial score (nSPS) is 11.5. The van der Waals surface area contributed by atoms with Gasteiger partial charge in [0.05, 0.1) is 34.9 Å². The minimum absolute atomic E-state index is 0.603. The summed E-state index contributed by atoms with van der Waals surface area (Å²) in [5, 5.41) is 7.19. The fraction of sp³-hybridized carbons (Fsp3) is 0. The van der Waals surface area contributed by atoms with Gasteiger partial charge in [0.2, 0.25) is 0 Å². The van der Waals surface area contributed by atoms with Gasteiger partial charge in [0, 0.05) is 0 Å². The summed E-state index contributed by atoms with van der Waals surface area (Å²) < 4.78 is 6.20. The van der Waals surface area contributed by atoms with Gasteiger partial charge in [0.15, 0.2) is 0 Å². The van der Waals surface area contributed by atoms with Gasteiger partial charge in [0.25, 0.3) is 0 Å². The molecule has 0 fully saturated rings. The van der Waals surface area contributed by atoms with Crippen LogP contribution in [0.2, 0.25) is 0 Å². The summed E-state index contributed by atoms with van der Waals surface area (Å²) in [5.41, 5.74) is 1.21. The van der Waals surface area contributed by atoms with Gasteiger partial charge in [-0.05, 0) is 18.2 Å². The van der Waals surface area contributed by atoms with Crippen LogP contribution in [0.25, 0.3) is 0 Å². The monoisotopic (exact) mass is 202 g/mol. The first-order chi connectivity index (χ1) is 5.86. The summed E-state index contributed by atoms with van der Waals surface area (Å²) in [4.78, 5) is 0. The van der Waals surface area contributed by atoms with E-state index in [0.29, 0.717) is 11.4 Å². The molecule has 0 aliphatic rings. The van der Waals surface area contributed by atoms with Gasteiger partial charge in [-0.15, -0.1) is 10.2 Å². The maximum atomic E-state index is 5.04. The number of hydrogen-bond acceptors (Lipinski definition) is 4. The molecule has 0 spiro atoms. The largest absolute Gasteiger partial charge is 0.138 e. The molecule has 0 amide bonds. The Labute approximate surface area is 79.2 Å². The predicted octanol–water partition coefficient (Wildman–Crippen LogP) is 4.16. The minimum Gasteiger partial charge on any atom is -0.138 e. The summed E-state index contributed by atoms with van der Waals surface area (Å²) >= 11 is 10.1. The van der Waals surface area contributed by atoms with Crippen LogP contribution in [0.1, 0.15) is 0 Å². The van der Waals surface area contributed by atoms with E-state index in [-0.39, 0.29) is 0 Å². The Balaban J connectivity index is 2.95. The Hall–Kier alpha value is -1.000. The molecule has 0 saturated carbocycles. The van der Waals surface area contributed by atoms with Crippen LogP contribution in [-0.4, -0.2) is 0 Å². The van der Waals surface area contributed by atoms with E-state index in [0.717, 1.165) is 0 Å². The first-order valence-electron chi connectivity index (χ1n) is 3.01. The molecular formula is C6H4Cl2N4. The zero-order chi connectivity index (χ0) is 8.81. The predicted molar refractivity (Wildman–Crippen MR) is 47.2 cm³/mol. The van der Waals surface area contributed by atoms with Gasteiger partial charge in [0.1, 0.15) is 0 Å². The molecule has 0 aliphatic heterocycles. The molecule has 1 aromatic rings. The lowest BCUT2D eigenvalue weighted by Crippen LogP contribution is -1.62. The minimum atomic E-state index is 0.603.